The number of likely N-dealkylation sites (tertiary alicyclic amines) is 2. The molecular weight excluding hydrogens is 744 g/mol. The van der Waals surface area contributed by atoms with Gasteiger partial charge in [0.25, 0.3) is 17.7 Å². The molecule has 58 heavy (non-hydrogen) atoms. The Morgan fingerprint density at radius 2 is 1.62 bits per heavy atom. The first kappa shape index (κ1) is 37.9. The van der Waals surface area contributed by atoms with E-state index < -0.39 is 35.5 Å². The van der Waals surface area contributed by atoms with E-state index in [2.05, 4.69) is 43.5 Å². The van der Waals surface area contributed by atoms with Gasteiger partial charge in [0.1, 0.15) is 29.5 Å². The lowest BCUT2D eigenvalue weighted by Gasteiger charge is -2.38. The summed E-state index contributed by atoms with van der Waals surface area (Å²) < 4.78 is 21.7. The van der Waals surface area contributed by atoms with E-state index in [0.29, 0.717) is 36.4 Å². The number of pyridine rings is 1. The predicted octanol–water partition coefficient (Wildman–Crippen LogP) is 4.88. The number of anilines is 2. The van der Waals surface area contributed by atoms with Crippen LogP contribution in [0.25, 0.3) is 10.9 Å². The highest BCUT2D eigenvalue weighted by Gasteiger charge is 2.45. The molecular formula is C43H47FN8O6. The van der Waals surface area contributed by atoms with Gasteiger partial charge in [-0.05, 0) is 107 Å². The highest BCUT2D eigenvalue weighted by atomic mass is 19.1. The number of imide groups is 2. The molecule has 2 aromatic heterocycles. The van der Waals surface area contributed by atoms with E-state index in [1.807, 2.05) is 23.1 Å². The Labute approximate surface area is 335 Å². The van der Waals surface area contributed by atoms with Crippen LogP contribution in [-0.4, -0.2) is 113 Å². The molecule has 14 nitrogen and oxygen atoms in total. The minimum absolute atomic E-state index is 0.0214. The molecule has 2 aromatic carbocycles. The average molecular weight is 791 g/mol. The van der Waals surface area contributed by atoms with Crippen LogP contribution in [0, 0.1) is 11.7 Å². The molecule has 4 aromatic rings. The largest absolute Gasteiger partial charge is 0.490 e. The average Bonchev–Trinajstić information content (AvgIpc) is 3.91. The first-order valence-electron chi connectivity index (χ1n) is 20.4. The van der Waals surface area contributed by atoms with Gasteiger partial charge in [-0.15, -0.1) is 0 Å². The normalized spacial score (nSPS) is 22.5. The number of aromatic nitrogens is 2. The summed E-state index contributed by atoms with van der Waals surface area (Å²) >= 11 is 0. The Kier molecular flexibility index (Phi) is 10.2. The van der Waals surface area contributed by atoms with Crippen molar-refractivity contribution in [2.24, 2.45) is 5.92 Å². The lowest BCUT2D eigenvalue weighted by molar-refractivity contribution is -0.136. The lowest BCUT2D eigenvalue weighted by Crippen LogP contribution is -2.54. The standard InChI is InChI=1S/C43H47FN8O6/c1-49-14-2-3-35(49)34-19-27-23-45-38(22-33(27)46-34)47-40(54)26-4-6-28(7-5-26)58-29-12-15-50(16-13-29)24-25-10-17-51(18-11-25)37-21-31-30(20-32(37)44)42(56)52(43(31)57)36-8-9-39(53)48-41(36)55/h4-7,19-23,25,29,35-36,46H,2-3,8-18,24H2,1H3,(H,45,47,54)(H,48,53,55)/t35-,36?/m1/s1. The summed E-state index contributed by atoms with van der Waals surface area (Å²) in [5, 5.41) is 6.13. The van der Waals surface area contributed by atoms with Crippen molar-refractivity contribution in [2.75, 3.05) is 56.5 Å². The van der Waals surface area contributed by atoms with Gasteiger partial charge in [-0.3, -0.25) is 39.1 Å². The number of benzene rings is 2. The number of carbonyl (C=O) groups is 5. The Hall–Kier alpha value is -5.67. The zero-order chi connectivity index (χ0) is 40.1. The summed E-state index contributed by atoms with van der Waals surface area (Å²) in [6.07, 6.45) is 7.74. The van der Waals surface area contributed by atoms with Crippen LogP contribution < -0.4 is 20.3 Å². The van der Waals surface area contributed by atoms with Crippen molar-refractivity contribution in [3.05, 3.63) is 82.9 Å². The molecule has 3 N–H and O–H groups in total. The van der Waals surface area contributed by atoms with Crippen LogP contribution in [0.3, 0.4) is 0 Å². The summed E-state index contributed by atoms with van der Waals surface area (Å²) in [6.45, 7) is 5.07. The second-order valence-corrected chi connectivity index (χ2v) is 16.3. The van der Waals surface area contributed by atoms with Crippen molar-refractivity contribution in [3.63, 3.8) is 0 Å². The zero-order valence-electron chi connectivity index (χ0n) is 32.5. The van der Waals surface area contributed by atoms with E-state index in [4.69, 9.17) is 4.74 Å². The molecule has 0 radical (unpaired) electrons. The zero-order valence-corrected chi connectivity index (χ0v) is 32.5. The van der Waals surface area contributed by atoms with Crippen LogP contribution >= 0.6 is 0 Å². The van der Waals surface area contributed by atoms with Crippen molar-refractivity contribution in [1.29, 1.82) is 0 Å². The van der Waals surface area contributed by atoms with Crippen molar-refractivity contribution in [1.82, 2.24) is 30.0 Å². The van der Waals surface area contributed by atoms with Gasteiger partial charge in [-0.25, -0.2) is 9.37 Å². The fraction of sp³-hybridized carbons (Fsp3) is 0.442. The maximum absolute atomic E-state index is 15.4. The van der Waals surface area contributed by atoms with Crippen LogP contribution in [0.4, 0.5) is 15.9 Å². The van der Waals surface area contributed by atoms with Crippen LogP contribution in [0.1, 0.15) is 94.2 Å². The molecule has 1 unspecified atom stereocenters. The van der Waals surface area contributed by atoms with Gasteiger partial charge in [0.05, 0.1) is 22.3 Å². The first-order valence-corrected chi connectivity index (χ1v) is 20.4. The topological polar surface area (TPSA) is 160 Å². The Morgan fingerprint density at radius 3 is 2.33 bits per heavy atom. The fourth-order valence-corrected chi connectivity index (χ4v) is 9.32. The highest BCUT2D eigenvalue weighted by Crippen LogP contribution is 2.35. The fourth-order valence-electron chi connectivity index (χ4n) is 9.32. The number of piperidine rings is 3. The molecule has 2 atom stereocenters. The molecule has 0 saturated carbocycles. The maximum atomic E-state index is 15.4. The van der Waals surface area contributed by atoms with E-state index in [0.717, 1.165) is 85.9 Å². The van der Waals surface area contributed by atoms with Gasteiger partial charge >= 0.3 is 0 Å². The third-order valence-corrected chi connectivity index (χ3v) is 12.6. The smallest absolute Gasteiger partial charge is 0.262 e. The van der Waals surface area contributed by atoms with Crippen molar-refractivity contribution < 1.29 is 33.1 Å². The number of hydrogen-bond acceptors (Lipinski definition) is 10. The third kappa shape index (κ3) is 7.44. The minimum atomic E-state index is -1.09. The number of carbonyl (C=O) groups excluding carboxylic acids is 5. The first-order chi connectivity index (χ1) is 28.1. The summed E-state index contributed by atoms with van der Waals surface area (Å²) in [5.74, 6) is -1.65. The molecule has 4 saturated heterocycles. The Morgan fingerprint density at radius 1 is 0.879 bits per heavy atom. The molecule has 0 aliphatic carbocycles. The molecule has 5 amide bonds. The molecule has 7 heterocycles. The molecule has 5 aliphatic rings. The molecule has 5 aliphatic heterocycles. The van der Waals surface area contributed by atoms with E-state index in [1.165, 1.54) is 18.2 Å². The summed E-state index contributed by atoms with van der Waals surface area (Å²) in [5.41, 5.74) is 2.96. The van der Waals surface area contributed by atoms with Crippen molar-refractivity contribution in [2.45, 2.75) is 69.6 Å². The van der Waals surface area contributed by atoms with E-state index in [9.17, 15) is 24.0 Å². The summed E-state index contributed by atoms with van der Waals surface area (Å²) in [4.78, 5) is 79.1. The predicted molar refractivity (Wildman–Crippen MR) is 213 cm³/mol. The van der Waals surface area contributed by atoms with Gasteiger partial charge < -0.3 is 24.8 Å². The number of nitrogens with zero attached hydrogens (tertiary/aromatic N) is 5. The van der Waals surface area contributed by atoms with Gasteiger partial charge in [0.2, 0.25) is 11.8 Å². The number of amides is 5. The van der Waals surface area contributed by atoms with Crippen LogP contribution in [0.15, 0.2) is 54.7 Å². The van der Waals surface area contributed by atoms with E-state index >= 15 is 4.39 Å². The third-order valence-electron chi connectivity index (χ3n) is 12.6. The Bertz CT molecular complexity index is 2280. The maximum Gasteiger partial charge on any atom is 0.262 e. The van der Waals surface area contributed by atoms with Gasteiger partial charge in [-0.2, -0.15) is 0 Å². The second kappa shape index (κ2) is 15.6. The van der Waals surface area contributed by atoms with Crippen molar-refractivity contribution in [3.8, 4) is 5.75 Å². The molecule has 4 fully saturated rings. The molecule has 0 spiro atoms. The SMILES string of the molecule is CN1CCC[C@@H]1c1cc2cnc(NC(=O)c3ccc(OC4CCN(CC5CCN(c6cc7c(cc6F)C(=O)N(C6CCC(=O)NC6=O)C7=O)CC5)CC4)cc3)cc2[nH]1. The van der Waals surface area contributed by atoms with Gasteiger partial charge in [-0.1, -0.05) is 0 Å². The second-order valence-electron chi connectivity index (χ2n) is 16.3. The number of fused-ring (bicyclic) bond motifs is 2. The lowest BCUT2D eigenvalue weighted by atomic mass is 9.94. The molecule has 302 valence electrons. The van der Waals surface area contributed by atoms with Crippen LogP contribution in [-0.2, 0) is 9.59 Å². The number of rotatable bonds is 9. The number of ether oxygens (including phenoxy) is 1. The van der Waals surface area contributed by atoms with Crippen LogP contribution in [0.2, 0.25) is 0 Å². The number of H-pyrrole nitrogens is 1. The number of aromatic amines is 1. The number of nitrogens with one attached hydrogen (secondary N) is 3. The molecule has 0 bridgehead atoms. The molecule has 9 rings (SSSR count). The number of halogens is 1. The quantitative estimate of drug-likeness (QED) is 0.200. The minimum Gasteiger partial charge on any atom is -0.490 e. The Balaban J connectivity index is 0.725. The highest BCUT2D eigenvalue weighted by molar-refractivity contribution is 6.23. The van der Waals surface area contributed by atoms with Gasteiger partial charge in [0, 0.05) is 74.1 Å². The van der Waals surface area contributed by atoms with Gasteiger partial charge in [0.15, 0.2) is 0 Å². The monoisotopic (exact) mass is 790 g/mol. The van der Waals surface area contributed by atoms with Crippen LogP contribution in [0.5, 0.6) is 5.75 Å². The number of hydrogen-bond donors (Lipinski definition) is 3. The summed E-state index contributed by atoms with van der Waals surface area (Å²) in [7, 11) is 2.15. The summed E-state index contributed by atoms with van der Waals surface area (Å²) in [6, 6.07) is 13.1. The van der Waals surface area contributed by atoms with Crippen molar-refractivity contribution >= 4 is 51.9 Å². The van der Waals surface area contributed by atoms with E-state index in [-0.39, 0.29) is 41.7 Å². The molecule has 15 heteroatoms. The van der Waals surface area contributed by atoms with E-state index in [1.54, 1.807) is 18.3 Å².